The van der Waals surface area contributed by atoms with Crippen molar-refractivity contribution in [1.29, 1.82) is 0 Å². The van der Waals surface area contributed by atoms with Gasteiger partial charge in [-0.2, -0.15) is 0 Å². The molecule has 3 saturated carbocycles. The fourth-order valence-electron chi connectivity index (χ4n) is 5.88. The fraction of sp³-hybridized carbons (Fsp3) is 0.433. The molecule has 2 aromatic carbocycles. The van der Waals surface area contributed by atoms with Gasteiger partial charge in [0.25, 0.3) is 0 Å². The lowest BCUT2D eigenvalue weighted by atomic mass is 9.71. The second-order valence-corrected chi connectivity index (χ2v) is 9.91. The van der Waals surface area contributed by atoms with Crippen LogP contribution in [0.15, 0.2) is 66.9 Å². The Morgan fingerprint density at radius 3 is 2.10 bits per heavy atom. The molecule has 0 amide bonds. The number of hydrogen-bond acceptors (Lipinski definition) is 0. The van der Waals surface area contributed by atoms with E-state index in [1.165, 1.54) is 72.0 Å². The average Bonchev–Trinajstić information content (AvgIpc) is 2.76. The number of aryl methyl sites for hydroxylation is 2. The zero-order valence-electron chi connectivity index (χ0n) is 20.1. The van der Waals surface area contributed by atoms with Crippen molar-refractivity contribution in [3.63, 3.8) is 0 Å². The molecule has 6 rings (SSSR count). The minimum absolute atomic E-state index is 0.413. The van der Waals surface area contributed by atoms with Crippen LogP contribution in [0, 0.1) is 18.8 Å². The molecule has 160 valence electrons. The van der Waals surface area contributed by atoms with Crippen molar-refractivity contribution in [3.8, 4) is 22.4 Å². The number of pyridine rings is 1. The first-order valence-corrected chi connectivity index (χ1v) is 12.2. The molecule has 0 radical (unpaired) electrons. The maximum absolute atomic E-state index is 9.47. The summed E-state index contributed by atoms with van der Waals surface area (Å²) in [5, 5.41) is 0. The van der Waals surface area contributed by atoms with Gasteiger partial charge in [-0.3, -0.25) is 0 Å². The molecule has 1 nitrogen and oxygen atoms in total. The van der Waals surface area contributed by atoms with Gasteiger partial charge in [0.15, 0.2) is 6.20 Å². The predicted molar refractivity (Wildman–Crippen MR) is 130 cm³/mol. The molecule has 3 aliphatic carbocycles. The van der Waals surface area contributed by atoms with Crippen molar-refractivity contribution in [3.05, 3.63) is 78.0 Å². The Labute approximate surface area is 189 Å². The molecule has 0 unspecified atom stereocenters. The van der Waals surface area contributed by atoms with Crippen LogP contribution in [0.5, 0.6) is 0 Å². The Morgan fingerprint density at radius 2 is 1.45 bits per heavy atom. The molecule has 0 saturated heterocycles. The summed E-state index contributed by atoms with van der Waals surface area (Å²) in [7, 11) is 2.12. The van der Waals surface area contributed by atoms with E-state index in [1.807, 2.05) is 0 Å². The third-order valence-electron chi connectivity index (χ3n) is 7.72. The highest BCUT2D eigenvalue weighted by Gasteiger charge is 2.27. The average molecular weight is 412 g/mol. The Morgan fingerprint density at radius 1 is 0.806 bits per heavy atom. The van der Waals surface area contributed by atoms with Gasteiger partial charge in [-0.15, -0.1) is 0 Å². The lowest BCUT2D eigenvalue weighted by Crippen LogP contribution is -2.30. The fourth-order valence-corrected chi connectivity index (χ4v) is 5.88. The van der Waals surface area contributed by atoms with E-state index in [0.29, 0.717) is 0 Å². The van der Waals surface area contributed by atoms with Gasteiger partial charge in [0.1, 0.15) is 7.05 Å². The summed E-state index contributed by atoms with van der Waals surface area (Å²) in [6.45, 7) is 2.18. The molecule has 3 fully saturated rings. The Hall–Kier alpha value is -2.41. The van der Waals surface area contributed by atoms with Crippen molar-refractivity contribution in [2.45, 2.75) is 64.2 Å². The van der Waals surface area contributed by atoms with Crippen LogP contribution in [-0.2, 0) is 7.05 Å². The zero-order valence-corrected chi connectivity index (χ0v) is 19.1. The summed E-state index contributed by atoms with van der Waals surface area (Å²) < 4.78 is 11.7. The molecular formula is C30H36N+. The van der Waals surface area contributed by atoms with E-state index >= 15 is 0 Å². The summed E-state index contributed by atoms with van der Waals surface area (Å²) in [6.07, 6.45) is 12.3. The van der Waals surface area contributed by atoms with Crippen LogP contribution in [0.3, 0.4) is 0 Å². The maximum Gasteiger partial charge on any atom is 0.213 e. The van der Waals surface area contributed by atoms with E-state index in [1.54, 1.807) is 0 Å². The number of fused-ring (bicyclic) bond motifs is 6. The molecule has 3 aromatic rings. The SMILES string of the molecule is [2H]C1(c2ccc(-c3cc[n+](C)c(-c4ccccc4C)c3)cc2)CC2CCCC(CCC2)C1. The Balaban J connectivity index is 1.45. The first-order valence-electron chi connectivity index (χ1n) is 12.7. The second kappa shape index (κ2) is 8.99. The summed E-state index contributed by atoms with van der Waals surface area (Å²) in [6, 6.07) is 22.1. The lowest BCUT2D eigenvalue weighted by molar-refractivity contribution is -0.660. The molecule has 2 bridgehead atoms. The minimum atomic E-state index is -0.413. The van der Waals surface area contributed by atoms with Crippen molar-refractivity contribution < 1.29 is 5.94 Å². The van der Waals surface area contributed by atoms with Gasteiger partial charge in [-0.25, -0.2) is 4.57 Å². The van der Waals surface area contributed by atoms with Crippen molar-refractivity contribution in [2.24, 2.45) is 18.9 Å². The third kappa shape index (κ3) is 4.47. The topological polar surface area (TPSA) is 3.88 Å². The van der Waals surface area contributed by atoms with Gasteiger partial charge < -0.3 is 0 Å². The standard InChI is InChI=1S/C30H36N/c1-22-7-3-4-12-29(22)30-21-27(17-18-31(30)2)25-13-15-26(16-14-25)28-19-23-8-5-9-24(20-28)11-6-10-23/h3-4,7,12-18,21,23-24,28H,5-6,8-11,19-20H2,1-2H3/q+1/i28D. The van der Waals surface area contributed by atoms with Gasteiger partial charge in [0, 0.05) is 19.1 Å². The zero-order chi connectivity index (χ0) is 22.1. The monoisotopic (exact) mass is 411 g/mol. The molecule has 0 atom stereocenters. The highest BCUT2D eigenvalue weighted by atomic mass is 14.9. The maximum atomic E-state index is 9.47. The highest BCUT2D eigenvalue weighted by molar-refractivity contribution is 5.70. The van der Waals surface area contributed by atoms with Crippen LogP contribution in [0.2, 0.25) is 0 Å². The third-order valence-corrected chi connectivity index (χ3v) is 7.72. The molecule has 0 spiro atoms. The Kier molecular flexibility index (Phi) is 5.59. The minimum Gasteiger partial charge on any atom is -0.201 e. The molecule has 3 aliphatic rings. The highest BCUT2D eigenvalue weighted by Crippen LogP contribution is 2.42. The molecule has 1 heterocycles. The van der Waals surface area contributed by atoms with Crippen LogP contribution in [0.25, 0.3) is 22.4 Å². The largest absolute Gasteiger partial charge is 0.213 e. The normalized spacial score (nSPS) is 26.6. The van der Waals surface area contributed by atoms with Crippen LogP contribution in [0.4, 0.5) is 0 Å². The van der Waals surface area contributed by atoms with Gasteiger partial charge in [-0.05, 0) is 65.8 Å². The lowest BCUT2D eigenvalue weighted by Gasteiger charge is -2.34. The second-order valence-electron chi connectivity index (χ2n) is 9.91. The van der Waals surface area contributed by atoms with E-state index in [2.05, 4.69) is 85.4 Å². The molecule has 1 aromatic heterocycles. The van der Waals surface area contributed by atoms with Crippen LogP contribution < -0.4 is 4.57 Å². The van der Waals surface area contributed by atoms with Crippen LogP contribution >= 0.6 is 0 Å². The van der Waals surface area contributed by atoms with E-state index in [-0.39, 0.29) is 0 Å². The van der Waals surface area contributed by atoms with E-state index in [4.69, 9.17) is 0 Å². The number of rotatable bonds is 3. The van der Waals surface area contributed by atoms with E-state index in [9.17, 15) is 1.37 Å². The summed E-state index contributed by atoms with van der Waals surface area (Å²) in [4.78, 5) is 0. The first kappa shape index (κ1) is 19.3. The first-order chi connectivity index (χ1) is 15.5. The number of aromatic nitrogens is 1. The van der Waals surface area contributed by atoms with E-state index < -0.39 is 5.89 Å². The molecule has 1 heteroatoms. The van der Waals surface area contributed by atoms with Crippen molar-refractivity contribution in [2.75, 3.05) is 0 Å². The summed E-state index contributed by atoms with van der Waals surface area (Å²) in [5.74, 6) is 1.06. The summed E-state index contributed by atoms with van der Waals surface area (Å²) in [5.41, 5.74) is 7.50. The summed E-state index contributed by atoms with van der Waals surface area (Å²) >= 11 is 0. The van der Waals surface area contributed by atoms with Gasteiger partial charge >= 0.3 is 0 Å². The van der Waals surface area contributed by atoms with E-state index in [0.717, 1.165) is 24.7 Å². The molecule has 0 N–H and O–H groups in total. The number of hydrogen-bond donors (Lipinski definition) is 0. The van der Waals surface area contributed by atoms with Crippen molar-refractivity contribution in [1.82, 2.24) is 0 Å². The molecule has 31 heavy (non-hydrogen) atoms. The van der Waals surface area contributed by atoms with Gasteiger partial charge in [-0.1, -0.05) is 81.0 Å². The smallest absolute Gasteiger partial charge is 0.201 e. The predicted octanol–water partition coefficient (Wildman–Crippen LogP) is 7.62. The Bertz CT molecular complexity index is 1060. The van der Waals surface area contributed by atoms with Gasteiger partial charge in [0.05, 0.1) is 0 Å². The van der Waals surface area contributed by atoms with Crippen molar-refractivity contribution >= 4 is 0 Å². The molecule has 0 aliphatic heterocycles. The molecular weight excluding hydrogens is 374 g/mol. The number of nitrogens with zero attached hydrogens (tertiary/aromatic N) is 1. The van der Waals surface area contributed by atoms with Gasteiger partial charge in [0.2, 0.25) is 5.69 Å². The quantitative estimate of drug-likeness (QED) is 0.390. The van der Waals surface area contributed by atoms with Crippen LogP contribution in [-0.4, -0.2) is 0 Å². The number of benzene rings is 2. The van der Waals surface area contributed by atoms with Crippen LogP contribution in [0.1, 0.15) is 69.8 Å².